The van der Waals surface area contributed by atoms with E-state index in [0.29, 0.717) is 18.8 Å². The lowest BCUT2D eigenvalue weighted by Crippen LogP contribution is -2.48. The summed E-state index contributed by atoms with van der Waals surface area (Å²) in [6.07, 6.45) is 5.43. The van der Waals surface area contributed by atoms with E-state index < -0.39 is 11.6 Å². The molecule has 2 fully saturated rings. The molecule has 4 amide bonds. The van der Waals surface area contributed by atoms with E-state index in [1.54, 1.807) is 0 Å². The van der Waals surface area contributed by atoms with Gasteiger partial charge in [-0.05, 0) is 25.7 Å². The van der Waals surface area contributed by atoms with Crippen molar-refractivity contribution in [2.24, 2.45) is 5.92 Å². The number of rotatable bonds is 4. The Balaban J connectivity index is 2.01. The number of urea groups is 1. The van der Waals surface area contributed by atoms with Gasteiger partial charge < -0.3 is 10.6 Å². The number of imide groups is 1. The fourth-order valence-corrected chi connectivity index (χ4v) is 3.10. The standard InChI is InChI=1S/C16H27N3O3/c1-11(2)12(3)17-13(20)10-19-14(21)16(18-15(19)22)8-6-4-5-7-9-16/h11-12H,4-10H2,1-3H3,(H,17,20)(H,18,22)/t12-/m0/s1. The normalized spacial score (nSPS) is 22.6. The summed E-state index contributed by atoms with van der Waals surface area (Å²) in [6, 6.07) is -0.417. The van der Waals surface area contributed by atoms with Crippen LogP contribution in [0.15, 0.2) is 0 Å². The van der Waals surface area contributed by atoms with Gasteiger partial charge in [0, 0.05) is 6.04 Å². The second-order valence-electron chi connectivity index (χ2n) is 6.92. The maximum atomic E-state index is 12.7. The van der Waals surface area contributed by atoms with Crippen LogP contribution in [0.2, 0.25) is 0 Å². The maximum Gasteiger partial charge on any atom is 0.325 e. The second kappa shape index (κ2) is 6.67. The number of carbonyl (C=O) groups is 3. The van der Waals surface area contributed by atoms with Crippen LogP contribution >= 0.6 is 0 Å². The van der Waals surface area contributed by atoms with E-state index >= 15 is 0 Å². The van der Waals surface area contributed by atoms with Gasteiger partial charge in [0.15, 0.2) is 0 Å². The highest BCUT2D eigenvalue weighted by Crippen LogP contribution is 2.32. The molecule has 1 aliphatic heterocycles. The zero-order chi connectivity index (χ0) is 16.3. The summed E-state index contributed by atoms with van der Waals surface area (Å²) in [5.74, 6) is -0.206. The summed E-state index contributed by atoms with van der Waals surface area (Å²) in [5.41, 5.74) is -0.766. The topological polar surface area (TPSA) is 78.5 Å². The maximum absolute atomic E-state index is 12.7. The van der Waals surface area contributed by atoms with E-state index in [-0.39, 0.29) is 24.4 Å². The molecule has 22 heavy (non-hydrogen) atoms. The van der Waals surface area contributed by atoms with Crippen molar-refractivity contribution in [1.82, 2.24) is 15.5 Å². The van der Waals surface area contributed by atoms with Gasteiger partial charge in [-0.2, -0.15) is 0 Å². The van der Waals surface area contributed by atoms with Crippen molar-refractivity contribution >= 4 is 17.8 Å². The zero-order valence-electron chi connectivity index (χ0n) is 13.8. The molecule has 1 spiro atoms. The van der Waals surface area contributed by atoms with Crippen molar-refractivity contribution in [1.29, 1.82) is 0 Å². The highest BCUT2D eigenvalue weighted by molar-refractivity contribution is 6.09. The predicted octanol–water partition coefficient (Wildman–Crippen LogP) is 1.79. The van der Waals surface area contributed by atoms with Crippen LogP contribution in [0.25, 0.3) is 0 Å². The molecule has 2 aliphatic rings. The minimum Gasteiger partial charge on any atom is -0.352 e. The summed E-state index contributed by atoms with van der Waals surface area (Å²) in [4.78, 5) is 37.9. The summed E-state index contributed by atoms with van der Waals surface area (Å²) >= 11 is 0. The van der Waals surface area contributed by atoms with Crippen LogP contribution in [0.5, 0.6) is 0 Å². The van der Waals surface area contributed by atoms with Crippen molar-refractivity contribution in [3.05, 3.63) is 0 Å². The van der Waals surface area contributed by atoms with Crippen molar-refractivity contribution in [2.45, 2.75) is 70.9 Å². The highest BCUT2D eigenvalue weighted by atomic mass is 16.2. The molecular formula is C16H27N3O3. The zero-order valence-corrected chi connectivity index (χ0v) is 13.8. The molecular weight excluding hydrogens is 282 g/mol. The summed E-state index contributed by atoms with van der Waals surface area (Å²) < 4.78 is 0. The monoisotopic (exact) mass is 309 g/mol. The van der Waals surface area contributed by atoms with Gasteiger partial charge in [0.1, 0.15) is 12.1 Å². The van der Waals surface area contributed by atoms with Crippen LogP contribution < -0.4 is 10.6 Å². The van der Waals surface area contributed by atoms with Crippen LogP contribution in [0.3, 0.4) is 0 Å². The Labute approximate surface area is 132 Å². The van der Waals surface area contributed by atoms with Gasteiger partial charge in [-0.1, -0.05) is 39.5 Å². The number of nitrogens with one attached hydrogen (secondary N) is 2. The number of carbonyl (C=O) groups excluding carboxylic acids is 3. The van der Waals surface area contributed by atoms with Gasteiger partial charge in [0.05, 0.1) is 0 Å². The molecule has 1 saturated carbocycles. The SMILES string of the molecule is CC(C)[C@H](C)NC(=O)CN1C(=O)NC2(CCCCCC2)C1=O. The number of hydrogen-bond acceptors (Lipinski definition) is 3. The smallest absolute Gasteiger partial charge is 0.325 e. The molecule has 124 valence electrons. The lowest BCUT2D eigenvalue weighted by atomic mass is 9.90. The quantitative estimate of drug-likeness (QED) is 0.777. The summed E-state index contributed by atoms with van der Waals surface area (Å²) in [6.45, 7) is 5.75. The minimum absolute atomic E-state index is 0.0140. The third-order valence-electron chi connectivity index (χ3n) is 4.89. The summed E-state index contributed by atoms with van der Waals surface area (Å²) in [7, 11) is 0. The van der Waals surface area contributed by atoms with Crippen LogP contribution in [0.1, 0.15) is 59.3 Å². The predicted molar refractivity (Wildman–Crippen MR) is 83.1 cm³/mol. The van der Waals surface area contributed by atoms with E-state index in [0.717, 1.165) is 30.6 Å². The Morgan fingerprint density at radius 3 is 2.32 bits per heavy atom. The molecule has 0 aromatic carbocycles. The van der Waals surface area contributed by atoms with Crippen molar-refractivity contribution in [2.75, 3.05) is 6.54 Å². The van der Waals surface area contributed by atoms with E-state index in [4.69, 9.17) is 0 Å². The van der Waals surface area contributed by atoms with Gasteiger partial charge in [0.2, 0.25) is 5.91 Å². The van der Waals surface area contributed by atoms with Gasteiger partial charge in [0.25, 0.3) is 5.91 Å². The Kier molecular flexibility index (Phi) is 5.08. The van der Waals surface area contributed by atoms with Gasteiger partial charge >= 0.3 is 6.03 Å². The van der Waals surface area contributed by atoms with Crippen molar-refractivity contribution < 1.29 is 14.4 Å². The van der Waals surface area contributed by atoms with Gasteiger partial charge in [-0.15, -0.1) is 0 Å². The second-order valence-corrected chi connectivity index (χ2v) is 6.92. The number of nitrogens with zero attached hydrogens (tertiary/aromatic N) is 1. The largest absolute Gasteiger partial charge is 0.352 e. The van der Waals surface area contributed by atoms with E-state index in [1.165, 1.54) is 0 Å². The molecule has 1 atom stereocenters. The molecule has 0 unspecified atom stereocenters. The molecule has 6 nitrogen and oxygen atoms in total. The van der Waals surface area contributed by atoms with Gasteiger partial charge in [-0.25, -0.2) is 4.79 Å². The third kappa shape index (κ3) is 3.42. The van der Waals surface area contributed by atoms with Crippen LogP contribution in [0, 0.1) is 5.92 Å². The molecule has 1 heterocycles. The average Bonchev–Trinajstić information content (AvgIpc) is 2.63. The lowest BCUT2D eigenvalue weighted by molar-refractivity contribution is -0.135. The molecule has 6 heteroatoms. The van der Waals surface area contributed by atoms with Crippen LogP contribution in [0.4, 0.5) is 4.79 Å². The fourth-order valence-electron chi connectivity index (χ4n) is 3.10. The molecule has 0 aromatic rings. The lowest BCUT2D eigenvalue weighted by Gasteiger charge is -2.25. The molecule has 0 aromatic heterocycles. The molecule has 1 aliphatic carbocycles. The Morgan fingerprint density at radius 2 is 1.77 bits per heavy atom. The Hall–Kier alpha value is -1.59. The summed E-state index contributed by atoms with van der Waals surface area (Å²) in [5, 5.41) is 5.69. The Morgan fingerprint density at radius 1 is 1.18 bits per heavy atom. The van der Waals surface area contributed by atoms with Crippen molar-refractivity contribution in [3.63, 3.8) is 0 Å². The molecule has 2 N–H and O–H groups in total. The van der Waals surface area contributed by atoms with Crippen molar-refractivity contribution in [3.8, 4) is 0 Å². The molecule has 1 saturated heterocycles. The van der Waals surface area contributed by atoms with E-state index in [2.05, 4.69) is 10.6 Å². The molecule has 0 bridgehead atoms. The van der Waals surface area contributed by atoms with Crippen LogP contribution in [-0.2, 0) is 9.59 Å². The molecule has 0 radical (unpaired) electrons. The number of amides is 4. The minimum atomic E-state index is -0.766. The average molecular weight is 309 g/mol. The Bertz CT molecular complexity index is 454. The third-order valence-corrected chi connectivity index (χ3v) is 4.89. The highest BCUT2D eigenvalue weighted by Gasteiger charge is 2.51. The first-order valence-corrected chi connectivity index (χ1v) is 8.29. The first-order valence-electron chi connectivity index (χ1n) is 8.29. The first kappa shape index (κ1) is 16.8. The van der Waals surface area contributed by atoms with Crippen LogP contribution in [-0.4, -0.2) is 40.9 Å². The van der Waals surface area contributed by atoms with E-state index in [1.807, 2.05) is 20.8 Å². The number of hydrogen-bond donors (Lipinski definition) is 2. The van der Waals surface area contributed by atoms with E-state index in [9.17, 15) is 14.4 Å². The molecule has 2 rings (SSSR count). The fraction of sp³-hybridized carbons (Fsp3) is 0.812. The first-order chi connectivity index (χ1) is 10.4. The van der Waals surface area contributed by atoms with Gasteiger partial charge in [-0.3, -0.25) is 14.5 Å².